The molecule has 1 aromatic heterocycles. The summed E-state index contributed by atoms with van der Waals surface area (Å²) in [5, 5.41) is 6.97. The Morgan fingerprint density at radius 1 is 1.00 bits per heavy atom. The van der Waals surface area contributed by atoms with Crippen LogP contribution in [0.15, 0.2) is 88.4 Å². The lowest BCUT2D eigenvalue weighted by Gasteiger charge is -2.10. The van der Waals surface area contributed by atoms with Gasteiger partial charge in [-0.2, -0.15) is 0 Å². The fraction of sp³-hybridized carbons (Fsp3) is 0.154. The van der Waals surface area contributed by atoms with Gasteiger partial charge in [-0.1, -0.05) is 46.3 Å². The average Bonchev–Trinajstić information content (AvgIpc) is 3.21. The predicted octanol–water partition coefficient (Wildman–Crippen LogP) is 5.57. The molecule has 0 saturated heterocycles. The van der Waals surface area contributed by atoms with Gasteiger partial charge in [-0.05, 0) is 42.5 Å². The number of rotatable bonds is 9. The van der Waals surface area contributed by atoms with Crippen LogP contribution in [0.5, 0.6) is 5.75 Å². The number of nitrogens with zero attached hydrogens (tertiary/aromatic N) is 1. The highest BCUT2D eigenvalue weighted by Crippen LogP contribution is 2.30. The molecule has 8 heteroatoms. The van der Waals surface area contributed by atoms with Crippen LogP contribution in [0.4, 0.5) is 5.69 Å². The Bertz CT molecular complexity index is 1300. The molecule has 0 aliphatic rings. The first-order chi connectivity index (χ1) is 16.5. The second kappa shape index (κ2) is 11.3. The van der Waals surface area contributed by atoms with Gasteiger partial charge in [0.2, 0.25) is 5.91 Å². The van der Waals surface area contributed by atoms with Crippen molar-refractivity contribution in [1.82, 2.24) is 9.88 Å². The van der Waals surface area contributed by atoms with Crippen LogP contribution in [0, 0.1) is 0 Å². The number of amides is 2. The molecule has 34 heavy (non-hydrogen) atoms. The van der Waals surface area contributed by atoms with Crippen LogP contribution in [-0.2, 0) is 11.3 Å². The van der Waals surface area contributed by atoms with Crippen LogP contribution in [0.2, 0.25) is 0 Å². The number of benzene rings is 3. The number of thioether (sulfide) groups is 1. The second-order valence-electron chi connectivity index (χ2n) is 7.50. The average molecular weight is 538 g/mol. The minimum atomic E-state index is -0.173. The zero-order chi connectivity index (χ0) is 23.9. The Morgan fingerprint density at radius 2 is 1.74 bits per heavy atom. The van der Waals surface area contributed by atoms with Crippen molar-refractivity contribution in [2.24, 2.45) is 0 Å². The molecule has 0 aliphatic carbocycles. The van der Waals surface area contributed by atoms with Crippen molar-refractivity contribution in [3.05, 3.63) is 89.0 Å². The van der Waals surface area contributed by atoms with Crippen LogP contribution in [-0.4, -0.2) is 35.8 Å². The highest BCUT2D eigenvalue weighted by Gasteiger charge is 2.13. The zero-order valence-electron chi connectivity index (χ0n) is 18.6. The Hall–Kier alpha value is -3.23. The van der Waals surface area contributed by atoms with Crippen LogP contribution < -0.4 is 15.4 Å². The highest BCUT2D eigenvalue weighted by molar-refractivity contribution is 9.10. The van der Waals surface area contributed by atoms with E-state index in [1.165, 1.54) is 11.8 Å². The second-order valence-corrected chi connectivity index (χ2v) is 9.44. The van der Waals surface area contributed by atoms with E-state index < -0.39 is 0 Å². The summed E-state index contributed by atoms with van der Waals surface area (Å²) in [5.74, 6) is 0.613. The van der Waals surface area contributed by atoms with Crippen molar-refractivity contribution in [2.75, 3.05) is 24.7 Å². The van der Waals surface area contributed by atoms with E-state index >= 15 is 0 Å². The van der Waals surface area contributed by atoms with Gasteiger partial charge in [0.15, 0.2) is 0 Å². The van der Waals surface area contributed by atoms with Crippen molar-refractivity contribution >= 4 is 56.1 Å². The molecule has 1 heterocycles. The van der Waals surface area contributed by atoms with E-state index in [0.717, 1.165) is 26.0 Å². The number of fused-ring (bicyclic) bond motifs is 1. The Balaban J connectivity index is 1.39. The molecule has 0 atom stereocenters. The Morgan fingerprint density at radius 3 is 2.53 bits per heavy atom. The van der Waals surface area contributed by atoms with Crippen LogP contribution in [0.1, 0.15) is 10.4 Å². The summed E-state index contributed by atoms with van der Waals surface area (Å²) >= 11 is 4.89. The summed E-state index contributed by atoms with van der Waals surface area (Å²) in [6.07, 6.45) is 2.04. The summed E-state index contributed by atoms with van der Waals surface area (Å²) in [4.78, 5) is 26.0. The van der Waals surface area contributed by atoms with E-state index in [2.05, 4.69) is 31.1 Å². The number of carbonyl (C=O) groups excluding carboxylic acids is 2. The lowest BCUT2D eigenvalue weighted by molar-refractivity contribution is -0.113. The van der Waals surface area contributed by atoms with E-state index in [0.29, 0.717) is 30.2 Å². The standard InChI is InChI=1S/C26H24BrN3O3S/c1-33-23-9-5-3-7-21(23)26(32)28-14-15-30-16-24(20-6-2-4-8-22(20)30)34-17-25(31)29-19-12-10-18(27)11-13-19/h2-13,16H,14-15,17H2,1H3,(H,28,32)(H,29,31). The molecule has 0 spiro atoms. The first-order valence-corrected chi connectivity index (χ1v) is 12.5. The first kappa shape index (κ1) is 23.9. The lowest BCUT2D eigenvalue weighted by Crippen LogP contribution is -2.27. The molecule has 6 nitrogen and oxygen atoms in total. The van der Waals surface area contributed by atoms with Gasteiger partial charge in [-0.25, -0.2) is 0 Å². The molecule has 4 aromatic rings. The van der Waals surface area contributed by atoms with Gasteiger partial charge in [-0.15, -0.1) is 11.8 Å². The van der Waals surface area contributed by atoms with E-state index in [9.17, 15) is 9.59 Å². The van der Waals surface area contributed by atoms with E-state index in [4.69, 9.17) is 4.74 Å². The number of carbonyl (C=O) groups is 2. The van der Waals surface area contributed by atoms with E-state index in [1.54, 1.807) is 19.2 Å². The molecule has 2 N–H and O–H groups in total. The van der Waals surface area contributed by atoms with E-state index in [-0.39, 0.29) is 11.8 Å². The molecule has 2 amide bonds. The molecule has 3 aromatic carbocycles. The van der Waals surface area contributed by atoms with Gasteiger partial charge in [0.25, 0.3) is 5.91 Å². The topological polar surface area (TPSA) is 72.4 Å². The largest absolute Gasteiger partial charge is 0.496 e. The van der Waals surface area contributed by atoms with Crippen LogP contribution in [0.3, 0.4) is 0 Å². The third-order valence-corrected chi connectivity index (χ3v) is 6.80. The maximum absolute atomic E-state index is 12.6. The lowest BCUT2D eigenvalue weighted by atomic mass is 10.2. The van der Waals surface area contributed by atoms with Gasteiger partial charge in [0.1, 0.15) is 5.75 Å². The summed E-state index contributed by atoms with van der Waals surface area (Å²) < 4.78 is 8.35. The van der Waals surface area contributed by atoms with Crippen molar-refractivity contribution < 1.29 is 14.3 Å². The van der Waals surface area contributed by atoms with Gasteiger partial charge in [0.05, 0.1) is 18.4 Å². The van der Waals surface area contributed by atoms with Crippen molar-refractivity contribution in [3.8, 4) is 5.75 Å². The molecule has 0 aliphatic heterocycles. The molecule has 0 fully saturated rings. The number of ether oxygens (including phenoxy) is 1. The molecule has 0 bridgehead atoms. The maximum atomic E-state index is 12.6. The predicted molar refractivity (Wildman–Crippen MR) is 141 cm³/mol. The van der Waals surface area contributed by atoms with Gasteiger partial charge < -0.3 is 19.9 Å². The summed E-state index contributed by atoms with van der Waals surface area (Å²) in [6.45, 7) is 1.07. The molecule has 0 saturated carbocycles. The number of methoxy groups -OCH3 is 1. The van der Waals surface area contributed by atoms with Crippen molar-refractivity contribution in [1.29, 1.82) is 0 Å². The maximum Gasteiger partial charge on any atom is 0.255 e. The number of nitrogens with one attached hydrogen (secondary N) is 2. The quantitative estimate of drug-likeness (QED) is 0.273. The molecular weight excluding hydrogens is 514 g/mol. The van der Waals surface area contributed by atoms with Gasteiger partial charge >= 0.3 is 0 Å². The number of aromatic nitrogens is 1. The summed E-state index contributed by atoms with van der Waals surface area (Å²) in [5.41, 5.74) is 2.34. The first-order valence-electron chi connectivity index (χ1n) is 10.7. The molecule has 0 unspecified atom stereocenters. The zero-order valence-corrected chi connectivity index (χ0v) is 21.0. The third kappa shape index (κ3) is 5.81. The fourth-order valence-electron chi connectivity index (χ4n) is 3.60. The number of para-hydroxylation sites is 2. The highest BCUT2D eigenvalue weighted by atomic mass is 79.9. The van der Waals surface area contributed by atoms with E-state index in [1.807, 2.05) is 66.9 Å². The monoisotopic (exact) mass is 537 g/mol. The molecule has 0 radical (unpaired) electrons. The Labute approximate surface area is 210 Å². The number of hydrogen-bond acceptors (Lipinski definition) is 4. The van der Waals surface area contributed by atoms with Crippen LogP contribution >= 0.6 is 27.7 Å². The number of halogens is 1. The van der Waals surface area contributed by atoms with Gasteiger partial charge in [0, 0.05) is 45.2 Å². The summed E-state index contributed by atoms with van der Waals surface area (Å²) in [7, 11) is 1.55. The minimum Gasteiger partial charge on any atom is -0.496 e. The van der Waals surface area contributed by atoms with Crippen molar-refractivity contribution in [2.45, 2.75) is 11.4 Å². The summed E-state index contributed by atoms with van der Waals surface area (Å²) in [6, 6.07) is 22.7. The normalized spacial score (nSPS) is 10.8. The van der Waals surface area contributed by atoms with Crippen LogP contribution in [0.25, 0.3) is 10.9 Å². The number of hydrogen-bond donors (Lipinski definition) is 2. The molecule has 174 valence electrons. The fourth-order valence-corrected chi connectivity index (χ4v) is 4.76. The smallest absolute Gasteiger partial charge is 0.255 e. The SMILES string of the molecule is COc1ccccc1C(=O)NCCn1cc(SCC(=O)Nc2ccc(Br)cc2)c2ccccc21. The molecule has 4 rings (SSSR count). The Kier molecular flexibility index (Phi) is 7.92. The minimum absolute atomic E-state index is 0.0618. The molecular formula is C26H24BrN3O3S. The van der Waals surface area contributed by atoms with Gasteiger partial charge in [-0.3, -0.25) is 9.59 Å². The third-order valence-electron chi connectivity index (χ3n) is 5.23. The van der Waals surface area contributed by atoms with Crippen molar-refractivity contribution in [3.63, 3.8) is 0 Å². The number of anilines is 1.